The summed E-state index contributed by atoms with van der Waals surface area (Å²) in [5.74, 6) is -0.295. The van der Waals surface area contributed by atoms with E-state index in [1.807, 2.05) is 6.92 Å². The van der Waals surface area contributed by atoms with Crippen molar-refractivity contribution in [2.24, 2.45) is 0 Å². The van der Waals surface area contributed by atoms with Crippen molar-refractivity contribution in [2.75, 3.05) is 18.8 Å². The molecule has 1 fully saturated rings. The molecule has 10 nitrogen and oxygen atoms in total. The molecule has 1 N–H and O–H groups in total. The maximum atomic E-state index is 12.6. The molecule has 2 aromatic rings. The molecule has 0 radical (unpaired) electrons. The number of rotatable bonds is 7. The van der Waals surface area contributed by atoms with E-state index in [-0.39, 0.29) is 23.0 Å². The lowest BCUT2D eigenvalue weighted by atomic mass is 10.1. The van der Waals surface area contributed by atoms with Crippen molar-refractivity contribution in [3.05, 3.63) is 52.6 Å². The van der Waals surface area contributed by atoms with E-state index in [1.165, 1.54) is 39.6 Å². The fourth-order valence-electron chi connectivity index (χ4n) is 3.36. The van der Waals surface area contributed by atoms with Crippen LogP contribution < -0.4 is 5.32 Å². The predicted octanol–water partition coefficient (Wildman–Crippen LogP) is 1.71. The molecule has 11 heteroatoms. The van der Waals surface area contributed by atoms with Crippen LogP contribution in [0.25, 0.3) is 5.69 Å². The van der Waals surface area contributed by atoms with Crippen LogP contribution in [0.4, 0.5) is 5.69 Å². The van der Waals surface area contributed by atoms with E-state index < -0.39 is 20.9 Å². The lowest BCUT2D eigenvalue weighted by Crippen LogP contribution is -2.47. The molecule has 0 spiro atoms. The Morgan fingerprint density at radius 3 is 2.66 bits per heavy atom. The molecule has 0 atom stereocenters. The summed E-state index contributed by atoms with van der Waals surface area (Å²) in [6, 6.07) is 4.10. The summed E-state index contributed by atoms with van der Waals surface area (Å²) in [5, 5.41) is 14.3. The van der Waals surface area contributed by atoms with E-state index in [0.717, 1.165) is 0 Å². The van der Waals surface area contributed by atoms with Gasteiger partial charge in [-0.15, -0.1) is 0 Å². The van der Waals surface area contributed by atoms with Gasteiger partial charge in [0.1, 0.15) is 5.69 Å². The number of carbonyl (C=O) groups excluding carboxylic acids is 1. The normalized spacial score (nSPS) is 15.9. The summed E-state index contributed by atoms with van der Waals surface area (Å²) in [6.45, 7) is 2.53. The quantitative estimate of drug-likeness (QED) is 0.535. The predicted molar refractivity (Wildman–Crippen MR) is 106 cm³/mol. The van der Waals surface area contributed by atoms with Gasteiger partial charge in [-0.3, -0.25) is 14.9 Å². The summed E-state index contributed by atoms with van der Waals surface area (Å²) in [4.78, 5) is 27.4. The topological polar surface area (TPSA) is 127 Å². The smallest absolute Gasteiger partial charge is 0.294 e. The zero-order chi connectivity index (χ0) is 21.0. The van der Waals surface area contributed by atoms with Gasteiger partial charge < -0.3 is 9.88 Å². The van der Waals surface area contributed by atoms with Gasteiger partial charge in [0.25, 0.3) is 11.6 Å². The monoisotopic (exact) mass is 421 g/mol. The molecule has 0 unspecified atom stereocenters. The van der Waals surface area contributed by atoms with E-state index >= 15 is 0 Å². The average molecular weight is 421 g/mol. The highest BCUT2D eigenvalue weighted by molar-refractivity contribution is 7.89. The highest BCUT2D eigenvalue weighted by atomic mass is 32.2. The van der Waals surface area contributed by atoms with Gasteiger partial charge >= 0.3 is 0 Å². The fourth-order valence-corrected chi connectivity index (χ4v) is 4.91. The van der Waals surface area contributed by atoms with Gasteiger partial charge in [0.2, 0.25) is 10.0 Å². The number of hydrogen-bond donors (Lipinski definition) is 1. The number of nitrogens with zero attached hydrogens (tertiary/aromatic N) is 4. The molecular formula is C18H23N5O5S. The summed E-state index contributed by atoms with van der Waals surface area (Å²) in [5.41, 5.74) is 0.302. The molecule has 2 heterocycles. The van der Waals surface area contributed by atoms with Crippen molar-refractivity contribution in [1.29, 1.82) is 0 Å². The maximum absolute atomic E-state index is 12.6. The number of sulfonamides is 1. The van der Waals surface area contributed by atoms with Crippen molar-refractivity contribution >= 4 is 21.6 Å². The number of carbonyl (C=O) groups is 1. The van der Waals surface area contributed by atoms with Crippen LogP contribution in [0.15, 0.2) is 36.9 Å². The Kier molecular flexibility index (Phi) is 6.28. The zero-order valence-electron chi connectivity index (χ0n) is 16.0. The van der Waals surface area contributed by atoms with Gasteiger partial charge in [-0.05, 0) is 31.4 Å². The maximum Gasteiger partial charge on any atom is 0.294 e. The van der Waals surface area contributed by atoms with E-state index in [2.05, 4.69) is 10.3 Å². The lowest BCUT2D eigenvalue weighted by molar-refractivity contribution is -0.384. The van der Waals surface area contributed by atoms with E-state index in [4.69, 9.17) is 0 Å². The summed E-state index contributed by atoms with van der Waals surface area (Å²) in [7, 11) is -3.24. The minimum atomic E-state index is -3.24. The molecule has 1 aromatic heterocycles. The Labute approximate surface area is 168 Å². The van der Waals surface area contributed by atoms with Crippen molar-refractivity contribution < 1.29 is 18.1 Å². The van der Waals surface area contributed by atoms with Crippen LogP contribution in [-0.2, 0) is 10.0 Å². The summed E-state index contributed by atoms with van der Waals surface area (Å²) < 4.78 is 27.2. The second-order valence-electron chi connectivity index (χ2n) is 6.89. The van der Waals surface area contributed by atoms with Crippen LogP contribution in [0.5, 0.6) is 0 Å². The number of benzene rings is 1. The van der Waals surface area contributed by atoms with Gasteiger partial charge in [0, 0.05) is 43.2 Å². The lowest BCUT2D eigenvalue weighted by Gasteiger charge is -2.31. The number of amides is 1. The molecule has 29 heavy (non-hydrogen) atoms. The minimum absolute atomic E-state index is 0.122. The van der Waals surface area contributed by atoms with Crippen LogP contribution in [0.2, 0.25) is 0 Å². The SMILES string of the molecule is CCCS(=O)(=O)N1CCC(NC(=O)c2ccc(-n3ccnc3)c([N+](=O)[O-])c2)CC1. The van der Waals surface area contributed by atoms with Crippen LogP contribution in [-0.4, -0.2) is 58.0 Å². The number of nitro benzene ring substituents is 1. The summed E-state index contributed by atoms with van der Waals surface area (Å²) in [6.07, 6.45) is 6.11. The molecule has 0 aliphatic carbocycles. The summed E-state index contributed by atoms with van der Waals surface area (Å²) >= 11 is 0. The van der Waals surface area contributed by atoms with Crippen LogP contribution in [0.1, 0.15) is 36.5 Å². The van der Waals surface area contributed by atoms with Crippen LogP contribution >= 0.6 is 0 Å². The molecule has 1 amide bonds. The Bertz CT molecular complexity index is 982. The second kappa shape index (κ2) is 8.70. The number of imidazole rings is 1. The Morgan fingerprint density at radius 1 is 1.34 bits per heavy atom. The molecule has 0 saturated carbocycles. The number of aromatic nitrogens is 2. The van der Waals surface area contributed by atoms with E-state index in [0.29, 0.717) is 38.0 Å². The van der Waals surface area contributed by atoms with Gasteiger partial charge in [-0.25, -0.2) is 17.7 Å². The largest absolute Gasteiger partial charge is 0.349 e. The van der Waals surface area contributed by atoms with Gasteiger partial charge in [0.05, 0.1) is 17.0 Å². The standard InChI is InChI=1S/C18H23N5O5S/c1-2-11-29(27,28)22-8-5-15(6-9-22)20-18(24)14-3-4-16(17(12-14)23(25)26)21-10-7-19-13-21/h3-4,7,10,12-13,15H,2,5-6,8-9,11H2,1H3,(H,20,24). The number of piperidine rings is 1. The first-order valence-electron chi connectivity index (χ1n) is 9.37. The number of hydrogen-bond acceptors (Lipinski definition) is 6. The number of nitro groups is 1. The van der Waals surface area contributed by atoms with Gasteiger partial charge in [-0.2, -0.15) is 0 Å². The molecule has 1 saturated heterocycles. The molecule has 1 aromatic carbocycles. The van der Waals surface area contributed by atoms with Crippen molar-refractivity contribution in [2.45, 2.75) is 32.2 Å². The third-order valence-electron chi connectivity index (χ3n) is 4.86. The molecule has 0 bridgehead atoms. The van der Waals surface area contributed by atoms with Gasteiger partial charge in [0.15, 0.2) is 0 Å². The highest BCUT2D eigenvalue weighted by Crippen LogP contribution is 2.24. The van der Waals surface area contributed by atoms with Crippen molar-refractivity contribution in [1.82, 2.24) is 19.2 Å². The minimum Gasteiger partial charge on any atom is -0.349 e. The Balaban J connectivity index is 1.67. The first kappa shape index (κ1) is 20.9. The molecule has 3 rings (SSSR count). The molecule has 1 aliphatic rings. The van der Waals surface area contributed by atoms with Crippen molar-refractivity contribution in [3.8, 4) is 5.69 Å². The molecule has 1 aliphatic heterocycles. The highest BCUT2D eigenvalue weighted by Gasteiger charge is 2.28. The van der Waals surface area contributed by atoms with Crippen LogP contribution in [0.3, 0.4) is 0 Å². The van der Waals surface area contributed by atoms with E-state index in [9.17, 15) is 23.3 Å². The van der Waals surface area contributed by atoms with Gasteiger partial charge in [-0.1, -0.05) is 6.92 Å². The number of nitrogens with one attached hydrogen (secondary N) is 1. The average Bonchev–Trinajstić information content (AvgIpc) is 3.22. The Morgan fingerprint density at radius 2 is 2.07 bits per heavy atom. The first-order valence-corrected chi connectivity index (χ1v) is 11.0. The van der Waals surface area contributed by atoms with Crippen LogP contribution in [0, 0.1) is 10.1 Å². The second-order valence-corrected chi connectivity index (χ2v) is 8.98. The third-order valence-corrected chi connectivity index (χ3v) is 6.94. The van der Waals surface area contributed by atoms with Crippen molar-refractivity contribution in [3.63, 3.8) is 0 Å². The van der Waals surface area contributed by atoms with E-state index in [1.54, 1.807) is 6.20 Å². The molecular weight excluding hydrogens is 398 g/mol. The third kappa shape index (κ3) is 4.80. The zero-order valence-corrected chi connectivity index (χ0v) is 16.8. The Hall–Kier alpha value is -2.79. The molecule has 156 valence electrons. The first-order chi connectivity index (χ1) is 13.8. The fraction of sp³-hybridized carbons (Fsp3) is 0.444.